The average molecular weight is 327 g/mol. The lowest BCUT2D eigenvalue weighted by atomic mass is 10.0. The zero-order chi connectivity index (χ0) is 15.2. The van der Waals surface area contributed by atoms with Crippen molar-refractivity contribution in [3.63, 3.8) is 0 Å². The fourth-order valence-electron chi connectivity index (χ4n) is 2.49. The Balaban J connectivity index is 0.00000242. The number of amides is 1. The maximum absolute atomic E-state index is 12.2. The molecule has 1 aliphatic heterocycles. The van der Waals surface area contributed by atoms with Gasteiger partial charge in [-0.15, -0.1) is 12.4 Å². The van der Waals surface area contributed by atoms with Crippen LogP contribution in [0.3, 0.4) is 0 Å². The van der Waals surface area contributed by atoms with Crippen LogP contribution in [-0.2, 0) is 4.79 Å². The zero-order valence-corrected chi connectivity index (χ0v) is 14.4. The Morgan fingerprint density at radius 3 is 2.91 bits per heavy atom. The van der Waals surface area contributed by atoms with Gasteiger partial charge in [0.2, 0.25) is 5.91 Å². The van der Waals surface area contributed by atoms with Crippen LogP contribution >= 0.6 is 12.4 Å². The van der Waals surface area contributed by atoms with E-state index in [2.05, 4.69) is 47.4 Å². The van der Waals surface area contributed by atoms with Crippen molar-refractivity contribution in [3.8, 4) is 0 Å². The number of halogens is 1. The van der Waals surface area contributed by atoms with E-state index >= 15 is 0 Å². The molecule has 124 valence electrons. The second kappa shape index (κ2) is 9.08. The van der Waals surface area contributed by atoms with Crippen molar-refractivity contribution in [1.82, 2.24) is 20.5 Å². The Kier molecular flexibility index (Phi) is 7.79. The van der Waals surface area contributed by atoms with Crippen LogP contribution < -0.4 is 10.6 Å². The summed E-state index contributed by atoms with van der Waals surface area (Å²) in [4.78, 5) is 18.6. The van der Waals surface area contributed by atoms with Gasteiger partial charge in [-0.25, -0.2) is 0 Å². The molecule has 1 aromatic heterocycles. The first-order chi connectivity index (χ1) is 10.1. The molecule has 2 rings (SSSR count). The number of nitrogens with zero attached hydrogens (tertiary/aromatic N) is 2. The highest BCUT2D eigenvalue weighted by molar-refractivity contribution is 5.85. The topological polar surface area (TPSA) is 57.3 Å². The molecule has 6 heteroatoms. The lowest BCUT2D eigenvalue weighted by molar-refractivity contribution is -0.124. The monoisotopic (exact) mass is 326 g/mol. The maximum Gasteiger partial charge on any atom is 0.234 e. The third-order valence-electron chi connectivity index (χ3n) is 4.16. The Labute approximate surface area is 139 Å². The molecule has 2 unspecified atom stereocenters. The third kappa shape index (κ3) is 5.23. The number of aromatic nitrogens is 1. The van der Waals surface area contributed by atoms with Gasteiger partial charge in [-0.05, 0) is 24.5 Å². The van der Waals surface area contributed by atoms with E-state index in [1.165, 1.54) is 0 Å². The van der Waals surface area contributed by atoms with Crippen molar-refractivity contribution in [2.24, 2.45) is 5.92 Å². The fraction of sp³-hybridized carbons (Fsp3) is 0.625. The number of hydrogen-bond donors (Lipinski definition) is 2. The molecule has 1 aliphatic rings. The molecule has 2 heterocycles. The first kappa shape index (κ1) is 18.9. The first-order valence-electron chi connectivity index (χ1n) is 7.72. The molecular formula is C16H27ClN4O. The minimum Gasteiger partial charge on any atom is -0.352 e. The Hall–Kier alpha value is -1.17. The summed E-state index contributed by atoms with van der Waals surface area (Å²) >= 11 is 0. The smallest absolute Gasteiger partial charge is 0.234 e. The second-order valence-electron chi connectivity index (χ2n) is 6.08. The summed E-state index contributed by atoms with van der Waals surface area (Å²) in [6, 6.07) is 4.44. The number of pyridine rings is 1. The lowest BCUT2D eigenvalue weighted by Crippen LogP contribution is -2.50. The molecule has 1 fully saturated rings. The number of hydrogen-bond acceptors (Lipinski definition) is 4. The van der Waals surface area contributed by atoms with Crippen molar-refractivity contribution in [3.05, 3.63) is 30.1 Å². The molecule has 1 aromatic rings. The van der Waals surface area contributed by atoms with Crippen LogP contribution in [0.5, 0.6) is 0 Å². The van der Waals surface area contributed by atoms with E-state index in [4.69, 9.17) is 0 Å². The zero-order valence-electron chi connectivity index (χ0n) is 13.6. The highest BCUT2D eigenvalue weighted by Crippen LogP contribution is 2.20. The van der Waals surface area contributed by atoms with E-state index in [1.54, 1.807) is 6.20 Å². The highest BCUT2D eigenvalue weighted by Gasteiger charge is 2.26. The van der Waals surface area contributed by atoms with Crippen molar-refractivity contribution in [1.29, 1.82) is 0 Å². The molecule has 0 aliphatic carbocycles. The molecule has 1 amide bonds. The first-order valence-corrected chi connectivity index (χ1v) is 7.72. The summed E-state index contributed by atoms with van der Waals surface area (Å²) in [5.41, 5.74) is 1.16. The number of nitrogens with one attached hydrogen (secondary N) is 2. The predicted molar refractivity (Wildman–Crippen MR) is 91.1 cm³/mol. The molecule has 5 nitrogen and oxygen atoms in total. The average Bonchev–Trinajstić information content (AvgIpc) is 2.48. The van der Waals surface area contributed by atoms with E-state index in [0.29, 0.717) is 12.5 Å². The maximum atomic E-state index is 12.2. The van der Waals surface area contributed by atoms with E-state index < -0.39 is 0 Å². The van der Waals surface area contributed by atoms with Crippen molar-refractivity contribution in [2.45, 2.75) is 32.9 Å². The Morgan fingerprint density at radius 2 is 2.27 bits per heavy atom. The van der Waals surface area contributed by atoms with Crippen LogP contribution in [0, 0.1) is 5.92 Å². The summed E-state index contributed by atoms with van der Waals surface area (Å²) in [6.45, 7) is 9.39. The van der Waals surface area contributed by atoms with Crippen LogP contribution in [0.15, 0.2) is 24.5 Å². The highest BCUT2D eigenvalue weighted by atomic mass is 35.5. The summed E-state index contributed by atoms with van der Waals surface area (Å²) in [5.74, 6) is 0.554. The number of piperazine rings is 1. The van der Waals surface area contributed by atoms with E-state index in [1.807, 2.05) is 12.3 Å². The fourth-order valence-corrected chi connectivity index (χ4v) is 2.49. The van der Waals surface area contributed by atoms with E-state index in [0.717, 1.165) is 25.2 Å². The molecule has 0 radical (unpaired) electrons. The number of carbonyl (C=O) groups is 1. The van der Waals surface area contributed by atoms with Gasteiger partial charge in [0.25, 0.3) is 0 Å². The molecule has 2 N–H and O–H groups in total. The standard InChI is InChI=1S/C16H26N4O.ClH/c1-12(2)13(3)19-16(21)11-20-8-7-18-10-15(20)14-5-4-6-17-9-14;/h4-6,9,12-13,15,18H,7-8,10-11H2,1-3H3,(H,19,21);1H. The van der Waals surface area contributed by atoms with Crippen molar-refractivity contribution in [2.75, 3.05) is 26.2 Å². The molecular weight excluding hydrogens is 300 g/mol. The Bertz CT molecular complexity index is 455. The molecule has 22 heavy (non-hydrogen) atoms. The summed E-state index contributed by atoms with van der Waals surface area (Å²) < 4.78 is 0. The van der Waals surface area contributed by atoms with Crippen LogP contribution in [0.25, 0.3) is 0 Å². The van der Waals surface area contributed by atoms with Crippen LogP contribution in [0.4, 0.5) is 0 Å². The molecule has 2 atom stereocenters. The number of carbonyl (C=O) groups excluding carboxylic acids is 1. The Morgan fingerprint density at radius 1 is 1.50 bits per heavy atom. The SMILES string of the molecule is CC(C)C(C)NC(=O)CN1CCNCC1c1cccnc1.Cl. The van der Waals surface area contributed by atoms with Crippen molar-refractivity contribution < 1.29 is 4.79 Å². The van der Waals surface area contributed by atoms with Gasteiger partial charge in [0, 0.05) is 44.1 Å². The summed E-state index contributed by atoms with van der Waals surface area (Å²) in [5, 5.41) is 6.48. The van der Waals surface area contributed by atoms with Crippen LogP contribution in [0.2, 0.25) is 0 Å². The third-order valence-corrected chi connectivity index (χ3v) is 4.16. The van der Waals surface area contributed by atoms with Crippen molar-refractivity contribution >= 4 is 18.3 Å². The van der Waals surface area contributed by atoms with Gasteiger partial charge in [-0.3, -0.25) is 14.7 Å². The molecule has 0 saturated carbocycles. The molecule has 1 saturated heterocycles. The van der Waals surface area contributed by atoms with Crippen LogP contribution in [0.1, 0.15) is 32.4 Å². The molecule has 0 aromatic carbocycles. The number of rotatable bonds is 5. The van der Waals surface area contributed by atoms with E-state index in [9.17, 15) is 4.79 Å². The van der Waals surface area contributed by atoms with Gasteiger partial charge < -0.3 is 10.6 Å². The van der Waals surface area contributed by atoms with E-state index in [-0.39, 0.29) is 30.4 Å². The van der Waals surface area contributed by atoms with Gasteiger partial charge in [-0.1, -0.05) is 19.9 Å². The minimum atomic E-state index is 0. The van der Waals surface area contributed by atoms with Crippen LogP contribution in [-0.4, -0.2) is 48.0 Å². The largest absolute Gasteiger partial charge is 0.352 e. The lowest BCUT2D eigenvalue weighted by Gasteiger charge is -2.36. The van der Waals surface area contributed by atoms with Gasteiger partial charge in [0.05, 0.1) is 6.54 Å². The quantitative estimate of drug-likeness (QED) is 0.863. The summed E-state index contributed by atoms with van der Waals surface area (Å²) in [7, 11) is 0. The van der Waals surface area contributed by atoms with Gasteiger partial charge in [0.15, 0.2) is 0 Å². The van der Waals surface area contributed by atoms with Gasteiger partial charge in [0.1, 0.15) is 0 Å². The normalized spacial score (nSPS) is 20.3. The predicted octanol–water partition coefficient (Wildman–Crippen LogP) is 1.61. The van der Waals surface area contributed by atoms with Gasteiger partial charge >= 0.3 is 0 Å². The second-order valence-corrected chi connectivity index (χ2v) is 6.08. The summed E-state index contributed by atoms with van der Waals surface area (Å²) in [6.07, 6.45) is 3.67. The van der Waals surface area contributed by atoms with Gasteiger partial charge in [-0.2, -0.15) is 0 Å². The molecule has 0 bridgehead atoms. The minimum absolute atomic E-state index is 0. The molecule has 0 spiro atoms.